The summed E-state index contributed by atoms with van der Waals surface area (Å²) in [5.74, 6) is -1.73. The molecular formula is C20H19FN2O4S. The Hall–Kier alpha value is -2.84. The van der Waals surface area contributed by atoms with Gasteiger partial charge in [-0.2, -0.15) is 4.99 Å². The molecule has 0 bridgehead atoms. The highest BCUT2D eigenvalue weighted by molar-refractivity contribution is 7.16. The Morgan fingerprint density at radius 3 is 2.71 bits per heavy atom. The van der Waals surface area contributed by atoms with Crippen molar-refractivity contribution in [2.75, 3.05) is 20.3 Å². The molecule has 0 aliphatic heterocycles. The van der Waals surface area contributed by atoms with Gasteiger partial charge in [-0.05, 0) is 37.3 Å². The first kappa shape index (κ1) is 19.9. The second kappa shape index (κ2) is 8.90. The van der Waals surface area contributed by atoms with Gasteiger partial charge in [0.25, 0.3) is 5.91 Å². The summed E-state index contributed by atoms with van der Waals surface area (Å²) in [6, 6.07) is 10.8. The van der Waals surface area contributed by atoms with E-state index in [4.69, 9.17) is 9.47 Å². The molecule has 0 aliphatic rings. The number of carbonyl (C=O) groups excluding carboxylic acids is 2. The topological polar surface area (TPSA) is 69.9 Å². The minimum Gasteiger partial charge on any atom is -0.465 e. The second-order valence-corrected chi connectivity index (χ2v) is 6.81. The maximum atomic E-state index is 13.9. The lowest BCUT2D eigenvalue weighted by Gasteiger charge is -2.06. The molecule has 1 aromatic heterocycles. The monoisotopic (exact) mass is 402 g/mol. The van der Waals surface area contributed by atoms with E-state index in [0.717, 1.165) is 10.2 Å². The largest absolute Gasteiger partial charge is 0.465 e. The molecule has 0 saturated carbocycles. The van der Waals surface area contributed by atoms with Gasteiger partial charge in [0.2, 0.25) is 0 Å². The number of benzene rings is 2. The zero-order chi connectivity index (χ0) is 20.1. The molecule has 1 heterocycles. The van der Waals surface area contributed by atoms with Crippen LogP contribution in [0.4, 0.5) is 4.39 Å². The highest BCUT2D eigenvalue weighted by atomic mass is 32.1. The lowest BCUT2D eigenvalue weighted by Crippen LogP contribution is -2.20. The van der Waals surface area contributed by atoms with E-state index in [0.29, 0.717) is 30.1 Å². The molecule has 2 aromatic carbocycles. The van der Waals surface area contributed by atoms with Crippen LogP contribution in [0.15, 0.2) is 47.5 Å². The average molecular weight is 402 g/mol. The van der Waals surface area contributed by atoms with Crippen LogP contribution in [0.5, 0.6) is 0 Å². The lowest BCUT2D eigenvalue weighted by atomic mass is 10.2. The molecular weight excluding hydrogens is 383 g/mol. The van der Waals surface area contributed by atoms with Gasteiger partial charge < -0.3 is 14.0 Å². The third kappa shape index (κ3) is 4.18. The van der Waals surface area contributed by atoms with Crippen LogP contribution >= 0.6 is 11.3 Å². The summed E-state index contributed by atoms with van der Waals surface area (Å²) in [7, 11) is 1.32. The van der Waals surface area contributed by atoms with Gasteiger partial charge in [0.1, 0.15) is 5.82 Å². The van der Waals surface area contributed by atoms with Crippen molar-refractivity contribution in [1.82, 2.24) is 4.57 Å². The van der Waals surface area contributed by atoms with Gasteiger partial charge in [0.05, 0.1) is 35.1 Å². The number of nitrogens with zero attached hydrogens (tertiary/aromatic N) is 2. The summed E-state index contributed by atoms with van der Waals surface area (Å²) < 4.78 is 26.7. The SMILES string of the molecule is CCOCCn1c(=NC(=O)c2ccccc2F)sc2cc(C(=O)OC)ccc21. The van der Waals surface area contributed by atoms with E-state index in [9.17, 15) is 14.0 Å². The fraction of sp³-hybridized carbons (Fsp3) is 0.250. The minimum atomic E-state index is -0.664. The minimum absolute atomic E-state index is 0.0911. The molecule has 1 amide bonds. The van der Waals surface area contributed by atoms with Crippen molar-refractivity contribution in [3.8, 4) is 0 Å². The van der Waals surface area contributed by atoms with Gasteiger partial charge in [0.15, 0.2) is 4.80 Å². The summed E-state index contributed by atoms with van der Waals surface area (Å²) in [5, 5.41) is 0. The number of carbonyl (C=O) groups is 2. The molecule has 0 radical (unpaired) electrons. The van der Waals surface area contributed by atoms with Crippen LogP contribution in [0.3, 0.4) is 0 Å². The number of hydrogen-bond donors (Lipinski definition) is 0. The van der Waals surface area contributed by atoms with Crippen LogP contribution in [0.1, 0.15) is 27.6 Å². The smallest absolute Gasteiger partial charge is 0.337 e. The first-order valence-corrected chi connectivity index (χ1v) is 9.49. The molecule has 0 fully saturated rings. The Morgan fingerprint density at radius 1 is 1.21 bits per heavy atom. The average Bonchev–Trinajstić information content (AvgIpc) is 3.04. The summed E-state index contributed by atoms with van der Waals surface area (Å²) in [6.07, 6.45) is 0. The van der Waals surface area contributed by atoms with Crippen LogP contribution in [-0.2, 0) is 16.0 Å². The number of esters is 1. The Bertz CT molecular complexity index is 1090. The number of amides is 1. The molecule has 146 valence electrons. The molecule has 0 saturated heterocycles. The summed E-state index contributed by atoms with van der Waals surface area (Å²) >= 11 is 1.24. The molecule has 0 atom stereocenters. The maximum absolute atomic E-state index is 13.9. The number of aromatic nitrogens is 1. The summed E-state index contributed by atoms with van der Waals surface area (Å²) in [6.45, 7) is 3.36. The maximum Gasteiger partial charge on any atom is 0.337 e. The quantitative estimate of drug-likeness (QED) is 0.468. The zero-order valence-corrected chi connectivity index (χ0v) is 16.3. The van der Waals surface area contributed by atoms with Crippen LogP contribution in [0.2, 0.25) is 0 Å². The number of fused-ring (bicyclic) bond motifs is 1. The standard InChI is InChI=1S/C20H19FN2O4S/c1-3-27-11-10-23-16-9-8-13(19(25)26-2)12-17(16)28-20(23)22-18(24)14-6-4-5-7-15(14)21/h4-9,12H,3,10-11H2,1-2H3. The van der Waals surface area contributed by atoms with Crippen molar-refractivity contribution in [2.24, 2.45) is 4.99 Å². The second-order valence-electron chi connectivity index (χ2n) is 5.80. The van der Waals surface area contributed by atoms with Crippen molar-refractivity contribution in [2.45, 2.75) is 13.5 Å². The molecule has 3 aromatic rings. The van der Waals surface area contributed by atoms with Crippen LogP contribution in [0, 0.1) is 5.82 Å². The highest BCUT2D eigenvalue weighted by Gasteiger charge is 2.14. The van der Waals surface area contributed by atoms with Crippen molar-refractivity contribution < 1.29 is 23.5 Å². The third-order valence-electron chi connectivity index (χ3n) is 4.07. The van der Waals surface area contributed by atoms with E-state index in [1.54, 1.807) is 24.3 Å². The molecule has 0 unspecified atom stereocenters. The van der Waals surface area contributed by atoms with Gasteiger partial charge in [-0.15, -0.1) is 0 Å². The number of rotatable bonds is 6. The van der Waals surface area contributed by atoms with Gasteiger partial charge >= 0.3 is 5.97 Å². The van der Waals surface area contributed by atoms with Crippen molar-refractivity contribution in [3.05, 3.63) is 64.2 Å². The number of ether oxygens (including phenoxy) is 2. The first-order valence-electron chi connectivity index (χ1n) is 8.68. The van der Waals surface area contributed by atoms with E-state index in [1.165, 1.54) is 36.6 Å². The Balaban J connectivity index is 2.10. The normalized spacial score (nSPS) is 11.8. The van der Waals surface area contributed by atoms with Gasteiger partial charge in [-0.25, -0.2) is 9.18 Å². The van der Waals surface area contributed by atoms with Crippen molar-refractivity contribution in [3.63, 3.8) is 0 Å². The zero-order valence-electron chi connectivity index (χ0n) is 15.5. The van der Waals surface area contributed by atoms with Gasteiger partial charge in [-0.1, -0.05) is 23.5 Å². The predicted octanol–water partition coefficient (Wildman–Crippen LogP) is 3.41. The van der Waals surface area contributed by atoms with Crippen LogP contribution < -0.4 is 4.80 Å². The lowest BCUT2D eigenvalue weighted by molar-refractivity contribution is 0.0600. The molecule has 8 heteroatoms. The van der Waals surface area contributed by atoms with E-state index < -0.39 is 17.7 Å². The molecule has 0 aliphatic carbocycles. The third-order valence-corrected chi connectivity index (χ3v) is 5.11. The van der Waals surface area contributed by atoms with Crippen LogP contribution in [-0.4, -0.2) is 36.8 Å². The van der Waals surface area contributed by atoms with Crippen molar-refractivity contribution >= 4 is 33.4 Å². The van der Waals surface area contributed by atoms with Gasteiger partial charge in [-0.3, -0.25) is 4.79 Å². The molecule has 6 nitrogen and oxygen atoms in total. The van der Waals surface area contributed by atoms with E-state index in [1.807, 2.05) is 11.5 Å². The Labute approximate surface area is 164 Å². The fourth-order valence-corrected chi connectivity index (χ4v) is 3.80. The number of halogens is 1. The number of thiazole rings is 1. The first-order chi connectivity index (χ1) is 13.5. The Morgan fingerprint density at radius 2 is 2.00 bits per heavy atom. The van der Waals surface area contributed by atoms with E-state index >= 15 is 0 Å². The molecule has 3 rings (SSSR count). The fourth-order valence-electron chi connectivity index (χ4n) is 2.70. The number of hydrogen-bond acceptors (Lipinski definition) is 5. The molecule has 0 N–H and O–H groups in total. The Kier molecular flexibility index (Phi) is 6.33. The predicted molar refractivity (Wildman–Crippen MR) is 104 cm³/mol. The summed E-state index contributed by atoms with van der Waals surface area (Å²) in [4.78, 5) is 28.8. The van der Waals surface area contributed by atoms with Crippen LogP contribution in [0.25, 0.3) is 10.2 Å². The van der Waals surface area contributed by atoms with Gasteiger partial charge in [0, 0.05) is 13.2 Å². The van der Waals surface area contributed by atoms with E-state index in [2.05, 4.69) is 4.99 Å². The summed E-state index contributed by atoms with van der Waals surface area (Å²) in [5.41, 5.74) is 1.11. The van der Waals surface area contributed by atoms with Crippen molar-refractivity contribution in [1.29, 1.82) is 0 Å². The number of methoxy groups -OCH3 is 1. The molecule has 28 heavy (non-hydrogen) atoms. The highest BCUT2D eigenvalue weighted by Crippen LogP contribution is 2.20. The molecule has 0 spiro atoms. The van der Waals surface area contributed by atoms with E-state index in [-0.39, 0.29) is 5.56 Å².